The normalized spacial score (nSPS) is 10.7. The molecule has 100 valence electrons. The highest BCUT2D eigenvalue weighted by molar-refractivity contribution is 5.95. The van der Waals surface area contributed by atoms with Crippen LogP contribution in [0.2, 0.25) is 0 Å². The smallest absolute Gasteiger partial charge is 0.339 e. The first-order chi connectivity index (χ1) is 9.70. The quantitative estimate of drug-likeness (QED) is 0.725. The maximum absolute atomic E-state index is 11.4. The van der Waals surface area contributed by atoms with E-state index < -0.39 is 0 Å². The molecule has 0 fully saturated rings. The number of carbonyl (C=O) groups excluding carboxylic acids is 1. The Hall–Kier alpha value is -2.69. The van der Waals surface area contributed by atoms with Gasteiger partial charge in [0.05, 0.1) is 18.4 Å². The summed E-state index contributed by atoms with van der Waals surface area (Å²) >= 11 is 0. The Labute approximate surface area is 115 Å². The summed E-state index contributed by atoms with van der Waals surface area (Å²) in [5.41, 5.74) is 4.17. The van der Waals surface area contributed by atoms with E-state index in [0.29, 0.717) is 5.56 Å². The van der Waals surface area contributed by atoms with Gasteiger partial charge in [0.15, 0.2) is 0 Å². The fraction of sp³-hybridized carbons (Fsp3) is 0.133. The molecule has 3 rings (SSSR count). The Bertz CT molecular complexity index is 775. The largest absolute Gasteiger partial charge is 0.465 e. The number of fused-ring (bicyclic) bond motifs is 1. The third-order valence-electron chi connectivity index (χ3n) is 3.23. The molecule has 3 heterocycles. The second-order valence-electron chi connectivity index (χ2n) is 4.48. The third-order valence-corrected chi connectivity index (χ3v) is 3.23. The van der Waals surface area contributed by atoms with E-state index in [1.165, 1.54) is 13.3 Å². The lowest BCUT2D eigenvalue weighted by molar-refractivity contribution is 0.0600. The van der Waals surface area contributed by atoms with Gasteiger partial charge < -0.3 is 9.72 Å². The van der Waals surface area contributed by atoms with E-state index in [9.17, 15) is 4.79 Å². The molecule has 0 aliphatic carbocycles. The van der Waals surface area contributed by atoms with Crippen molar-refractivity contribution < 1.29 is 9.53 Å². The SMILES string of the molecule is COC(=O)c1ccc(-c2ccnc3[nH]cc(C)c23)nc1. The van der Waals surface area contributed by atoms with Gasteiger partial charge in [0, 0.05) is 29.5 Å². The fourth-order valence-corrected chi connectivity index (χ4v) is 2.22. The molecule has 0 aliphatic heterocycles. The number of rotatable bonds is 2. The van der Waals surface area contributed by atoms with Gasteiger partial charge in [0.25, 0.3) is 0 Å². The first-order valence-electron chi connectivity index (χ1n) is 6.18. The summed E-state index contributed by atoms with van der Waals surface area (Å²) in [7, 11) is 1.35. The standard InChI is InChI=1S/C15H13N3O2/c1-9-7-18-14-13(9)11(5-6-16-14)12-4-3-10(8-17-12)15(19)20-2/h3-8H,1-2H3,(H,16,18). The number of nitrogens with one attached hydrogen (secondary N) is 1. The van der Waals surface area contributed by atoms with Crippen LogP contribution in [0, 0.1) is 6.92 Å². The van der Waals surface area contributed by atoms with Crippen molar-refractivity contribution in [2.75, 3.05) is 7.11 Å². The van der Waals surface area contributed by atoms with Crippen molar-refractivity contribution >= 4 is 17.0 Å². The van der Waals surface area contributed by atoms with E-state index in [2.05, 4.69) is 19.7 Å². The fourth-order valence-electron chi connectivity index (χ4n) is 2.22. The van der Waals surface area contributed by atoms with Crippen molar-refractivity contribution in [3.8, 4) is 11.3 Å². The van der Waals surface area contributed by atoms with Crippen molar-refractivity contribution in [1.29, 1.82) is 0 Å². The summed E-state index contributed by atoms with van der Waals surface area (Å²) in [6.45, 7) is 2.02. The highest BCUT2D eigenvalue weighted by Crippen LogP contribution is 2.28. The number of H-pyrrole nitrogens is 1. The average molecular weight is 267 g/mol. The highest BCUT2D eigenvalue weighted by atomic mass is 16.5. The van der Waals surface area contributed by atoms with Crippen LogP contribution in [-0.4, -0.2) is 28.0 Å². The Morgan fingerprint density at radius 2 is 2.10 bits per heavy atom. The van der Waals surface area contributed by atoms with Crippen LogP contribution in [0.25, 0.3) is 22.3 Å². The van der Waals surface area contributed by atoms with Gasteiger partial charge in [-0.2, -0.15) is 0 Å². The van der Waals surface area contributed by atoms with Gasteiger partial charge in [-0.05, 0) is 30.7 Å². The number of ether oxygens (including phenoxy) is 1. The number of hydrogen-bond donors (Lipinski definition) is 1. The number of aromatic amines is 1. The van der Waals surface area contributed by atoms with Gasteiger partial charge in [-0.1, -0.05) is 0 Å². The molecule has 0 spiro atoms. The molecule has 0 aromatic carbocycles. The molecule has 0 aliphatic rings. The number of carbonyl (C=O) groups is 1. The molecule has 5 nitrogen and oxygen atoms in total. The van der Waals surface area contributed by atoms with Gasteiger partial charge in [0.2, 0.25) is 0 Å². The summed E-state index contributed by atoms with van der Waals surface area (Å²) in [5.74, 6) is -0.387. The van der Waals surface area contributed by atoms with Gasteiger partial charge in [-0.15, -0.1) is 0 Å². The number of pyridine rings is 2. The zero-order chi connectivity index (χ0) is 14.1. The Balaban J connectivity index is 2.11. The van der Waals surface area contributed by atoms with Gasteiger partial charge in [-0.25, -0.2) is 9.78 Å². The molecule has 0 bridgehead atoms. The maximum Gasteiger partial charge on any atom is 0.339 e. The second-order valence-corrected chi connectivity index (χ2v) is 4.48. The molecular weight excluding hydrogens is 254 g/mol. The number of esters is 1. The maximum atomic E-state index is 11.4. The number of methoxy groups -OCH3 is 1. The number of aryl methyl sites for hydroxylation is 1. The average Bonchev–Trinajstić information content (AvgIpc) is 2.88. The van der Waals surface area contributed by atoms with Gasteiger partial charge in [-0.3, -0.25) is 4.98 Å². The van der Waals surface area contributed by atoms with E-state index in [1.54, 1.807) is 12.3 Å². The van der Waals surface area contributed by atoms with Crippen LogP contribution in [0.15, 0.2) is 36.8 Å². The first-order valence-corrected chi connectivity index (χ1v) is 6.18. The van der Waals surface area contributed by atoms with Gasteiger partial charge in [0.1, 0.15) is 5.65 Å². The lowest BCUT2D eigenvalue weighted by atomic mass is 10.1. The van der Waals surface area contributed by atoms with Crippen LogP contribution < -0.4 is 0 Å². The molecule has 0 unspecified atom stereocenters. The van der Waals surface area contributed by atoms with Crippen molar-refractivity contribution in [3.63, 3.8) is 0 Å². The lowest BCUT2D eigenvalue weighted by Gasteiger charge is -2.04. The van der Waals surface area contributed by atoms with Crippen molar-refractivity contribution in [3.05, 3.63) is 47.9 Å². The predicted molar refractivity (Wildman–Crippen MR) is 75.4 cm³/mol. The van der Waals surface area contributed by atoms with Crippen LogP contribution in [0.1, 0.15) is 15.9 Å². The molecule has 0 radical (unpaired) electrons. The molecule has 0 saturated heterocycles. The molecule has 3 aromatic rings. The van der Waals surface area contributed by atoms with E-state index in [1.807, 2.05) is 25.3 Å². The minimum Gasteiger partial charge on any atom is -0.465 e. The van der Waals surface area contributed by atoms with Crippen molar-refractivity contribution in [1.82, 2.24) is 15.0 Å². The molecule has 20 heavy (non-hydrogen) atoms. The summed E-state index contributed by atoms with van der Waals surface area (Å²) in [6.07, 6.45) is 5.18. The summed E-state index contributed by atoms with van der Waals surface area (Å²) < 4.78 is 4.66. The Kier molecular flexibility index (Phi) is 2.95. The Morgan fingerprint density at radius 3 is 2.80 bits per heavy atom. The second kappa shape index (κ2) is 4.77. The van der Waals surface area contributed by atoms with E-state index in [0.717, 1.165) is 27.9 Å². The predicted octanol–water partition coefficient (Wildman–Crippen LogP) is 2.72. The zero-order valence-corrected chi connectivity index (χ0v) is 11.2. The molecule has 5 heteroatoms. The van der Waals surface area contributed by atoms with Crippen LogP contribution in [-0.2, 0) is 4.74 Å². The van der Waals surface area contributed by atoms with Crippen LogP contribution in [0.4, 0.5) is 0 Å². The molecule has 0 amide bonds. The number of aromatic nitrogens is 3. The lowest BCUT2D eigenvalue weighted by Crippen LogP contribution is -2.01. The third kappa shape index (κ3) is 1.93. The molecule has 1 N–H and O–H groups in total. The van der Waals surface area contributed by atoms with Crippen molar-refractivity contribution in [2.24, 2.45) is 0 Å². The van der Waals surface area contributed by atoms with E-state index in [4.69, 9.17) is 0 Å². The van der Waals surface area contributed by atoms with Crippen LogP contribution in [0.3, 0.4) is 0 Å². The Morgan fingerprint density at radius 1 is 1.25 bits per heavy atom. The molecular formula is C15H13N3O2. The highest BCUT2D eigenvalue weighted by Gasteiger charge is 2.11. The summed E-state index contributed by atoms with van der Waals surface area (Å²) in [5, 5.41) is 1.05. The number of hydrogen-bond acceptors (Lipinski definition) is 4. The summed E-state index contributed by atoms with van der Waals surface area (Å²) in [4.78, 5) is 23.2. The molecule has 0 atom stereocenters. The molecule has 0 saturated carbocycles. The van der Waals surface area contributed by atoms with Crippen LogP contribution >= 0.6 is 0 Å². The topological polar surface area (TPSA) is 67.9 Å². The monoisotopic (exact) mass is 267 g/mol. The number of nitrogens with zero attached hydrogens (tertiary/aromatic N) is 2. The van der Waals surface area contributed by atoms with Crippen LogP contribution in [0.5, 0.6) is 0 Å². The van der Waals surface area contributed by atoms with Gasteiger partial charge >= 0.3 is 5.97 Å². The first kappa shape index (κ1) is 12.3. The van der Waals surface area contributed by atoms with Crippen molar-refractivity contribution in [2.45, 2.75) is 6.92 Å². The minimum atomic E-state index is -0.387. The van der Waals surface area contributed by atoms with E-state index >= 15 is 0 Å². The molecule has 3 aromatic heterocycles. The zero-order valence-electron chi connectivity index (χ0n) is 11.2. The minimum absolute atomic E-state index is 0.387. The summed E-state index contributed by atoms with van der Waals surface area (Å²) in [6, 6.07) is 5.44. The van der Waals surface area contributed by atoms with E-state index in [-0.39, 0.29) is 5.97 Å².